The molecule has 4 nitrogen and oxygen atoms in total. The fourth-order valence-corrected chi connectivity index (χ4v) is 2.17. The lowest BCUT2D eigenvalue weighted by molar-refractivity contribution is 0.110. The van der Waals surface area contributed by atoms with Crippen molar-refractivity contribution < 1.29 is 9.84 Å². The number of pyridine rings is 1. The third-order valence-electron chi connectivity index (χ3n) is 3.08. The summed E-state index contributed by atoms with van der Waals surface area (Å²) >= 11 is 0. The minimum atomic E-state index is -0.538. The van der Waals surface area contributed by atoms with Crippen LogP contribution in [0.15, 0.2) is 18.5 Å². The number of methoxy groups -OCH3 is 1. The van der Waals surface area contributed by atoms with Gasteiger partial charge < -0.3 is 15.2 Å². The van der Waals surface area contributed by atoms with E-state index in [0.29, 0.717) is 5.75 Å². The highest BCUT2D eigenvalue weighted by atomic mass is 16.5. The van der Waals surface area contributed by atoms with Crippen molar-refractivity contribution in [1.29, 1.82) is 0 Å². The molecule has 0 amide bonds. The predicted molar refractivity (Wildman–Crippen MR) is 61.4 cm³/mol. The molecule has 1 aromatic heterocycles. The van der Waals surface area contributed by atoms with Gasteiger partial charge >= 0.3 is 0 Å². The monoisotopic (exact) mass is 222 g/mol. The Hall–Kier alpha value is -1.13. The van der Waals surface area contributed by atoms with Crippen molar-refractivity contribution in [3.63, 3.8) is 0 Å². The number of piperidine rings is 1. The van der Waals surface area contributed by atoms with Gasteiger partial charge in [-0.15, -0.1) is 0 Å². The lowest BCUT2D eigenvalue weighted by Crippen LogP contribution is -2.38. The van der Waals surface area contributed by atoms with E-state index in [9.17, 15) is 5.11 Å². The molecule has 0 saturated carbocycles. The first kappa shape index (κ1) is 11.4. The molecule has 1 fully saturated rings. The highest BCUT2D eigenvalue weighted by Crippen LogP contribution is 2.28. The van der Waals surface area contributed by atoms with E-state index in [2.05, 4.69) is 10.3 Å². The molecule has 2 rings (SSSR count). The third-order valence-corrected chi connectivity index (χ3v) is 3.08. The zero-order valence-electron chi connectivity index (χ0n) is 9.52. The average molecular weight is 222 g/mol. The van der Waals surface area contributed by atoms with Gasteiger partial charge in [-0.05, 0) is 25.5 Å². The SMILES string of the molecule is COc1ccncc1C(O)C1CCCCN1. The third kappa shape index (κ3) is 2.33. The zero-order valence-corrected chi connectivity index (χ0v) is 9.52. The van der Waals surface area contributed by atoms with E-state index < -0.39 is 6.10 Å². The summed E-state index contributed by atoms with van der Waals surface area (Å²) in [5.41, 5.74) is 0.768. The topological polar surface area (TPSA) is 54.4 Å². The Morgan fingerprint density at radius 2 is 2.44 bits per heavy atom. The Kier molecular flexibility index (Phi) is 3.74. The van der Waals surface area contributed by atoms with Crippen LogP contribution >= 0.6 is 0 Å². The number of aromatic nitrogens is 1. The van der Waals surface area contributed by atoms with Crippen LogP contribution in [0.5, 0.6) is 5.75 Å². The number of aliphatic hydroxyl groups is 1. The smallest absolute Gasteiger partial charge is 0.127 e. The van der Waals surface area contributed by atoms with E-state index in [1.807, 2.05) is 0 Å². The molecule has 0 bridgehead atoms. The summed E-state index contributed by atoms with van der Waals surface area (Å²) in [5.74, 6) is 0.704. The number of aliphatic hydroxyl groups excluding tert-OH is 1. The number of ether oxygens (including phenoxy) is 1. The van der Waals surface area contributed by atoms with Crippen LogP contribution < -0.4 is 10.1 Å². The van der Waals surface area contributed by atoms with Crippen molar-refractivity contribution in [2.75, 3.05) is 13.7 Å². The molecule has 88 valence electrons. The van der Waals surface area contributed by atoms with Gasteiger partial charge in [0.2, 0.25) is 0 Å². The highest BCUT2D eigenvalue weighted by molar-refractivity contribution is 5.32. The summed E-state index contributed by atoms with van der Waals surface area (Å²) in [5, 5.41) is 13.6. The number of rotatable bonds is 3. The fraction of sp³-hybridized carbons (Fsp3) is 0.583. The Morgan fingerprint density at radius 3 is 3.12 bits per heavy atom. The van der Waals surface area contributed by atoms with Crippen molar-refractivity contribution in [3.05, 3.63) is 24.0 Å². The molecule has 2 atom stereocenters. The van der Waals surface area contributed by atoms with E-state index in [-0.39, 0.29) is 6.04 Å². The quantitative estimate of drug-likeness (QED) is 0.808. The average Bonchev–Trinajstić information content (AvgIpc) is 2.39. The van der Waals surface area contributed by atoms with Gasteiger partial charge in [-0.2, -0.15) is 0 Å². The minimum Gasteiger partial charge on any atom is -0.496 e. The van der Waals surface area contributed by atoms with Crippen LogP contribution in [0.4, 0.5) is 0 Å². The molecule has 0 aliphatic carbocycles. The molecule has 1 aliphatic heterocycles. The first-order valence-electron chi connectivity index (χ1n) is 5.72. The van der Waals surface area contributed by atoms with E-state index in [1.54, 1.807) is 25.6 Å². The first-order valence-corrected chi connectivity index (χ1v) is 5.72. The molecule has 16 heavy (non-hydrogen) atoms. The largest absolute Gasteiger partial charge is 0.496 e. The standard InChI is InChI=1S/C12H18N2O2/c1-16-11-5-7-13-8-9(11)12(15)10-4-2-3-6-14-10/h5,7-8,10,12,14-15H,2-4,6H2,1H3. The second-order valence-electron chi connectivity index (χ2n) is 4.12. The fourth-order valence-electron chi connectivity index (χ4n) is 2.17. The van der Waals surface area contributed by atoms with Crippen LogP contribution in [-0.4, -0.2) is 29.8 Å². The molecule has 1 aliphatic rings. The van der Waals surface area contributed by atoms with E-state index >= 15 is 0 Å². The number of hydrogen-bond acceptors (Lipinski definition) is 4. The summed E-state index contributed by atoms with van der Waals surface area (Å²) < 4.78 is 5.23. The van der Waals surface area contributed by atoms with Gasteiger partial charge in [0.1, 0.15) is 5.75 Å². The van der Waals surface area contributed by atoms with Crippen molar-refractivity contribution >= 4 is 0 Å². The van der Waals surface area contributed by atoms with Crippen molar-refractivity contribution in [1.82, 2.24) is 10.3 Å². The maximum absolute atomic E-state index is 10.3. The van der Waals surface area contributed by atoms with Gasteiger partial charge in [0, 0.05) is 24.0 Å². The molecular weight excluding hydrogens is 204 g/mol. The summed E-state index contributed by atoms with van der Waals surface area (Å²) in [7, 11) is 1.61. The first-order chi connectivity index (χ1) is 7.83. The van der Waals surface area contributed by atoms with Crippen molar-refractivity contribution in [2.24, 2.45) is 0 Å². The van der Waals surface area contributed by atoms with Gasteiger partial charge in [-0.3, -0.25) is 4.98 Å². The van der Waals surface area contributed by atoms with E-state index in [0.717, 1.165) is 24.9 Å². The molecular formula is C12H18N2O2. The van der Waals surface area contributed by atoms with Crippen LogP contribution in [0.1, 0.15) is 30.9 Å². The van der Waals surface area contributed by atoms with Crippen LogP contribution in [0, 0.1) is 0 Å². The zero-order chi connectivity index (χ0) is 11.4. The molecule has 2 N–H and O–H groups in total. The number of nitrogens with zero attached hydrogens (tertiary/aromatic N) is 1. The maximum atomic E-state index is 10.3. The molecule has 2 unspecified atom stereocenters. The summed E-state index contributed by atoms with van der Waals surface area (Å²) in [4.78, 5) is 4.04. The van der Waals surface area contributed by atoms with Gasteiger partial charge in [-0.25, -0.2) is 0 Å². The van der Waals surface area contributed by atoms with Crippen molar-refractivity contribution in [3.8, 4) is 5.75 Å². The molecule has 1 aromatic rings. The van der Waals surface area contributed by atoms with Crippen LogP contribution in [0.25, 0.3) is 0 Å². The minimum absolute atomic E-state index is 0.117. The molecule has 0 aromatic carbocycles. The molecule has 1 saturated heterocycles. The van der Waals surface area contributed by atoms with Gasteiger partial charge in [-0.1, -0.05) is 6.42 Å². The Morgan fingerprint density at radius 1 is 1.56 bits per heavy atom. The van der Waals surface area contributed by atoms with Gasteiger partial charge in [0.15, 0.2) is 0 Å². The second-order valence-corrected chi connectivity index (χ2v) is 4.12. The lowest BCUT2D eigenvalue weighted by atomic mass is 9.95. The normalized spacial score (nSPS) is 22.8. The summed E-state index contributed by atoms with van der Waals surface area (Å²) in [6.07, 6.45) is 6.16. The molecule has 2 heterocycles. The predicted octanol–water partition coefficient (Wildman–Crippen LogP) is 1.27. The Labute approximate surface area is 95.7 Å². The number of hydrogen-bond donors (Lipinski definition) is 2. The molecule has 0 radical (unpaired) electrons. The summed E-state index contributed by atoms with van der Waals surface area (Å²) in [6, 6.07) is 1.90. The van der Waals surface area contributed by atoms with Gasteiger partial charge in [0.25, 0.3) is 0 Å². The summed E-state index contributed by atoms with van der Waals surface area (Å²) in [6.45, 7) is 0.976. The van der Waals surface area contributed by atoms with Gasteiger partial charge in [0.05, 0.1) is 13.2 Å². The Balaban J connectivity index is 2.15. The van der Waals surface area contributed by atoms with E-state index in [1.165, 1.54) is 6.42 Å². The van der Waals surface area contributed by atoms with Crippen molar-refractivity contribution in [2.45, 2.75) is 31.4 Å². The van der Waals surface area contributed by atoms with Crippen LogP contribution in [0.2, 0.25) is 0 Å². The maximum Gasteiger partial charge on any atom is 0.127 e. The highest BCUT2D eigenvalue weighted by Gasteiger charge is 2.25. The molecule has 4 heteroatoms. The van der Waals surface area contributed by atoms with Crippen LogP contribution in [-0.2, 0) is 0 Å². The van der Waals surface area contributed by atoms with Crippen LogP contribution in [0.3, 0.4) is 0 Å². The molecule has 0 spiro atoms. The lowest BCUT2D eigenvalue weighted by Gasteiger charge is -2.28. The van der Waals surface area contributed by atoms with E-state index in [4.69, 9.17) is 4.74 Å². The number of nitrogens with one attached hydrogen (secondary N) is 1. The second kappa shape index (κ2) is 5.27. The Bertz CT molecular complexity index is 338.